The Balaban J connectivity index is 2.01. The third-order valence-electron chi connectivity index (χ3n) is 3.86. The van der Waals surface area contributed by atoms with Gasteiger partial charge in [-0.05, 0) is 29.7 Å². The number of carbonyl (C=O) groups is 1. The van der Waals surface area contributed by atoms with Crippen LogP contribution in [0, 0.1) is 12.3 Å². The first-order valence-corrected chi connectivity index (χ1v) is 8.75. The van der Waals surface area contributed by atoms with Crippen molar-refractivity contribution in [3.05, 3.63) is 65.9 Å². The van der Waals surface area contributed by atoms with Crippen molar-refractivity contribution in [1.29, 1.82) is 0 Å². The van der Waals surface area contributed by atoms with E-state index in [4.69, 9.17) is 15.9 Å². The van der Waals surface area contributed by atoms with E-state index in [1.165, 1.54) is 7.11 Å². The molecule has 0 aliphatic carbocycles. The van der Waals surface area contributed by atoms with Gasteiger partial charge in [0.1, 0.15) is 12.9 Å². The van der Waals surface area contributed by atoms with Gasteiger partial charge in [0.2, 0.25) is 0 Å². The molecule has 0 spiro atoms. The monoisotopic (exact) mass is 401 g/mol. The second kappa shape index (κ2) is 11.3. The van der Waals surface area contributed by atoms with E-state index < -0.39 is 12.5 Å². The first kappa shape index (κ1) is 21.8. The smallest absolute Gasteiger partial charge is 0.386 e. The number of ether oxygens (including phenoxy) is 3. The number of nitrogens with one attached hydrogen (secondary N) is 1. The van der Waals surface area contributed by atoms with E-state index in [-0.39, 0.29) is 18.7 Å². The van der Waals surface area contributed by atoms with Gasteiger partial charge in [0.25, 0.3) is 5.91 Å². The summed E-state index contributed by atoms with van der Waals surface area (Å²) in [6.07, 6.45) is 6.45. The van der Waals surface area contributed by atoms with E-state index in [1.54, 1.807) is 42.5 Å². The molecule has 5 nitrogen and oxygen atoms in total. The predicted octanol–water partition coefficient (Wildman–Crippen LogP) is 3.65. The van der Waals surface area contributed by atoms with E-state index in [1.807, 2.05) is 6.07 Å². The van der Waals surface area contributed by atoms with Crippen LogP contribution in [0.4, 0.5) is 8.78 Å². The zero-order chi connectivity index (χ0) is 21.1. The Morgan fingerprint density at radius 2 is 1.97 bits per heavy atom. The van der Waals surface area contributed by atoms with E-state index in [0.29, 0.717) is 23.5 Å². The molecule has 0 bridgehead atoms. The zero-order valence-corrected chi connectivity index (χ0v) is 15.9. The summed E-state index contributed by atoms with van der Waals surface area (Å²) in [6, 6.07) is 13.8. The Morgan fingerprint density at radius 1 is 1.21 bits per heavy atom. The maximum Gasteiger partial charge on any atom is 0.386 e. The molecule has 152 valence electrons. The summed E-state index contributed by atoms with van der Waals surface area (Å²) in [5, 5.41) is 2.71. The van der Waals surface area contributed by atoms with Crippen LogP contribution in [0.25, 0.3) is 5.57 Å². The quantitative estimate of drug-likeness (QED) is 0.375. The van der Waals surface area contributed by atoms with Gasteiger partial charge in [0, 0.05) is 6.54 Å². The molecule has 2 aromatic rings. The molecule has 0 aromatic heterocycles. The lowest BCUT2D eigenvalue weighted by Gasteiger charge is -2.12. The van der Waals surface area contributed by atoms with Crippen LogP contribution in [0.15, 0.2) is 54.8 Å². The number of benzene rings is 2. The molecule has 2 rings (SSSR count). The molecular weight excluding hydrogens is 380 g/mol. The molecule has 0 radical (unpaired) electrons. The number of terminal acetylenes is 1. The van der Waals surface area contributed by atoms with Crippen molar-refractivity contribution in [1.82, 2.24) is 5.32 Å². The summed E-state index contributed by atoms with van der Waals surface area (Å²) in [6.45, 7) is -2.60. The standard InChI is InChI=1S/C22H21F2NO4/c1-3-13-28-19-10-9-16(14-20(19)27-2)11-12-25-21(26)18(15-29-22(23)24)17-7-5-4-6-8-17/h1,4-10,14-15,22H,11-13H2,2H3,(H,25,26)/b18-15+. The minimum absolute atomic E-state index is 0.0153. The van der Waals surface area contributed by atoms with Gasteiger partial charge in [0.05, 0.1) is 12.7 Å². The number of carbonyl (C=O) groups excluding carboxylic acids is 1. The third kappa shape index (κ3) is 6.85. The number of hydrogen-bond acceptors (Lipinski definition) is 4. The van der Waals surface area contributed by atoms with Crippen molar-refractivity contribution in [3.63, 3.8) is 0 Å². The van der Waals surface area contributed by atoms with Crippen molar-refractivity contribution in [3.8, 4) is 23.8 Å². The van der Waals surface area contributed by atoms with Gasteiger partial charge in [-0.25, -0.2) is 0 Å². The molecule has 0 aliphatic heterocycles. The van der Waals surface area contributed by atoms with E-state index in [9.17, 15) is 13.6 Å². The molecule has 29 heavy (non-hydrogen) atoms. The Hall–Kier alpha value is -3.53. The van der Waals surface area contributed by atoms with Crippen LogP contribution in [0.5, 0.6) is 11.5 Å². The SMILES string of the molecule is C#CCOc1ccc(CCNC(=O)/C(=C/OC(F)F)c2ccccc2)cc1OC. The van der Waals surface area contributed by atoms with Gasteiger partial charge in [-0.3, -0.25) is 4.79 Å². The Morgan fingerprint density at radius 3 is 2.62 bits per heavy atom. The fourth-order valence-electron chi connectivity index (χ4n) is 2.51. The maximum absolute atomic E-state index is 12.5. The average Bonchev–Trinajstić information content (AvgIpc) is 2.73. The van der Waals surface area contributed by atoms with Crippen LogP contribution >= 0.6 is 0 Å². The van der Waals surface area contributed by atoms with Crippen molar-refractivity contribution < 1.29 is 27.8 Å². The number of hydrogen-bond donors (Lipinski definition) is 1. The summed E-state index contributed by atoms with van der Waals surface area (Å²) >= 11 is 0. The fourth-order valence-corrected chi connectivity index (χ4v) is 2.51. The summed E-state index contributed by atoms with van der Waals surface area (Å²) < 4.78 is 39.7. The van der Waals surface area contributed by atoms with Gasteiger partial charge in [-0.1, -0.05) is 42.3 Å². The topological polar surface area (TPSA) is 56.8 Å². The van der Waals surface area contributed by atoms with E-state index in [0.717, 1.165) is 11.8 Å². The van der Waals surface area contributed by atoms with Crippen molar-refractivity contribution in [2.45, 2.75) is 13.0 Å². The fraction of sp³-hybridized carbons (Fsp3) is 0.227. The number of amides is 1. The Bertz CT molecular complexity index is 876. The minimum atomic E-state index is -3.01. The second-order valence-corrected chi connectivity index (χ2v) is 5.78. The largest absolute Gasteiger partial charge is 0.493 e. The molecule has 0 atom stereocenters. The second-order valence-electron chi connectivity index (χ2n) is 5.78. The highest BCUT2D eigenvalue weighted by Crippen LogP contribution is 2.28. The summed E-state index contributed by atoms with van der Waals surface area (Å²) in [4.78, 5) is 12.5. The highest BCUT2D eigenvalue weighted by Gasteiger charge is 2.14. The van der Waals surface area contributed by atoms with Gasteiger partial charge in [-0.15, -0.1) is 6.42 Å². The van der Waals surface area contributed by atoms with Crippen molar-refractivity contribution in [2.75, 3.05) is 20.3 Å². The van der Waals surface area contributed by atoms with Gasteiger partial charge in [0.15, 0.2) is 11.5 Å². The molecule has 2 aromatic carbocycles. The first-order valence-electron chi connectivity index (χ1n) is 8.75. The van der Waals surface area contributed by atoms with Crippen LogP contribution in [0.3, 0.4) is 0 Å². The van der Waals surface area contributed by atoms with Crippen LogP contribution in [-0.2, 0) is 16.0 Å². The molecule has 0 saturated carbocycles. The number of alkyl halides is 2. The predicted molar refractivity (Wildman–Crippen MR) is 106 cm³/mol. The lowest BCUT2D eigenvalue weighted by Crippen LogP contribution is -2.26. The number of rotatable bonds is 10. The highest BCUT2D eigenvalue weighted by atomic mass is 19.3. The van der Waals surface area contributed by atoms with Crippen LogP contribution in [0.2, 0.25) is 0 Å². The third-order valence-corrected chi connectivity index (χ3v) is 3.86. The Labute approximate surface area is 168 Å². The highest BCUT2D eigenvalue weighted by molar-refractivity contribution is 6.19. The van der Waals surface area contributed by atoms with Crippen LogP contribution in [0.1, 0.15) is 11.1 Å². The molecule has 0 heterocycles. The number of halogens is 2. The normalized spacial score (nSPS) is 10.9. The molecule has 0 saturated heterocycles. The molecule has 0 aliphatic rings. The van der Waals surface area contributed by atoms with Crippen LogP contribution < -0.4 is 14.8 Å². The molecular formula is C22H21F2NO4. The van der Waals surface area contributed by atoms with E-state index in [2.05, 4.69) is 16.0 Å². The van der Waals surface area contributed by atoms with E-state index >= 15 is 0 Å². The zero-order valence-electron chi connectivity index (χ0n) is 15.9. The molecule has 0 unspecified atom stereocenters. The minimum Gasteiger partial charge on any atom is -0.493 e. The lowest BCUT2D eigenvalue weighted by molar-refractivity contribution is -0.116. The summed E-state index contributed by atoms with van der Waals surface area (Å²) in [5.41, 5.74) is 1.38. The van der Waals surface area contributed by atoms with Crippen molar-refractivity contribution >= 4 is 11.5 Å². The molecule has 1 amide bonds. The van der Waals surface area contributed by atoms with Crippen LogP contribution in [-0.4, -0.2) is 32.8 Å². The van der Waals surface area contributed by atoms with Gasteiger partial charge in [-0.2, -0.15) is 8.78 Å². The first-order chi connectivity index (χ1) is 14.0. The number of methoxy groups -OCH3 is 1. The molecule has 1 N–H and O–H groups in total. The average molecular weight is 401 g/mol. The molecule has 7 heteroatoms. The maximum atomic E-state index is 12.5. The summed E-state index contributed by atoms with van der Waals surface area (Å²) in [7, 11) is 1.52. The van der Waals surface area contributed by atoms with Gasteiger partial charge < -0.3 is 19.5 Å². The summed E-state index contributed by atoms with van der Waals surface area (Å²) in [5.74, 6) is 2.92. The molecule has 0 fully saturated rings. The van der Waals surface area contributed by atoms with Gasteiger partial charge >= 0.3 is 6.61 Å². The Kier molecular flexibility index (Phi) is 8.51. The van der Waals surface area contributed by atoms with Crippen molar-refractivity contribution in [2.24, 2.45) is 0 Å². The lowest BCUT2D eigenvalue weighted by atomic mass is 10.1.